The molecule has 0 saturated carbocycles. The molecule has 0 unspecified atom stereocenters. The van der Waals surface area contributed by atoms with E-state index in [0.717, 1.165) is 12.0 Å². The lowest BCUT2D eigenvalue weighted by Crippen LogP contribution is -2.40. The number of benzene rings is 1. The van der Waals surface area contributed by atoms with Crippen molar-refractivity contribution in [3.8, 4) is 0 Å². The van der Waals surface area contributed by atoms with Crippen LogP contribution in [0.5, 0.6) is 0 Å². The number of guanidine groups is 1. The molecular formula is C18H31N3O3S. The third-order valence-corrected chi connectivity index (χ3v) is 5.52. The molecule has 0 heterocycles. The monoisotopic (exact) mass is 369 g/mol. The molecule has 1 aromatic carbocycles. The van der Waals surface area contributed by atoms with Crippen LogP contribution in [0.25, 0.3) is 0 Å². The van der Waals surface area contributed by atoms with Crippen LogP contribution in [-0.2, 0) is 20.0 Å². The van der Waals surface area contributed by atoms with Crippen LogP contribution >= 0.6 is 0 Å². The van der Waals surface area contributed by atoms with Crippen molar-refractivity contribution in [1.82, 2.24) is 10.6 Å². The van der Waals surface area contributed by atoms with Gasteiger partial charge in [0.2, 0.25) is 0 Å². The summed E-state index contributed by atoms with van der Waals surface area (Å²) in [7, 11) is -0.00402. The van der Waals surface area contributed by atoms with Crippen LogP contribution in [0, 0.1) is 0 Å². The third kappa shape index (κ3) is 7.44. The molecule has 0 atom stereocenters. The summed E-state index contributed by atoms with van der Waals surface area (Å²) in [6, 6.07) is 7.15. The molecule has 0 aliphatic carbocycles. The fourth-order valence-electron chi connectivity index (χ4n) is 2.23. The Morgan fingerprint density at radius 2 is 1.72 bits per heavy atom. The average molecular weight is 370 g/mol. The van der Waals surface area contributed by atoms with Gasteiger partial charge in [-0.15, -0.1) is 0 Å². The summed E-state index contributed by atoms with van der Waals surface area (Å²) in [5.74, 6) is 0.607. The summed E-state index contributed by atoms with van der Waals surface area (Å²) in [6.45, 7) is 7.99. The Labute approximate surface area is 152 Å². The highest BCUT2D eigenvalue weighted by Crippen LogP contribution is 2.23. The van der Waals surface area contributed by atoms with Gasteiger partial charge in [-0.2, -0.15) is 0 Å². The second-order valence-electron chi connectivity index (χ2n) is 6.87. The summed E-state index contributed by atoms with van der Waals surface area (Å²) in [5, 5.41) is 6.15. The van der Waals surface area contributed by atoms with Crippen molar-refractivity contribution < 1.29 is 13.2 Å². The zero-order chi connectivity index (χ0) is 18.9. The van der Waals surface area contributed by atoms with Gasteiger partial charge in [-0.3, -0.25) is 4.99 Å². The van der Waals surface area contributed by atoms with Crippen LogP contribution in [0.3, 0.4) is 0 Å². The van der Waals surface area contributed by atoms with E-state index in [1.54, 1.807) is 26.3 Å². The summed E-state index contributed by atoms with van der Waals surface area (Å²) < 4.78 is 29.9. The molecule has 0 saturated heterocycles. The summed E-state index contributed by atoms with van der Waals surface area (Å²) in [5.41, 5.74) is 1.12. The Morgan fingerprint density at radius 3 is 2.24 bits per heavy atom. The molecule has 0 radical (unpaired) electrons. The molecule has 0 fully saturated rings. The van der Waals surface area contributed by atoms with Crippen molar-refractivity contribution in [2.75, 3.05) is 39.6 Å². The SMILES string of the molecule is CN=C(NCCCOC)NCCS(=O)(=O)c1ccc(C(C)(C)C)cc1. The number of aliphatic imine (C=N–C) groups is 1. The number of nitrogens with zero attached hydrogens (tertiary/aromatic N) is 1. The molecule has 1 aromatic rings. The number of methoxy groups -OCH3 is 1. The van der Waals surface area contributed by atoms with Crippen molar-refractivity contribution >= 4 is 15.8 Å². The van der Waals surface area contributed by atoms with E-state index in [4.69, 9.17) is 4.74 Å². The van der Waals surface area contributed by atoms with E-state index in [0.29, 0.717) is 30.6 Å². The third-order valence-electron chi connectivity index (χ3n) is 3.78. The minimum absolute atomic E-state index is 0.00479. The molecule has 2 N–H and O–H groups in total. The van der Waals surface area contributed by atoms with Gasteiger partial charge in [0.1, 0.15) is 0 Å². The van der Waals surface area contributed by atoms with E-state index in [2.05, 4.69) is 36.4 Å². The first kappa shape index (κ1) is 21.4. The van der Waals surface area contributed by atoms with Gasteiger partial charge in [-0.25, -0.2) is 8.42 Å². The number of hydrogen-bond donors (Lipinski definition) is 2. The number of ether oxygens (including phenoxy) is 1. The quantitative estimate of drug-likeness (QED) is 0.416. The molecule has 25 heavy (non-hydrogen) atoms. The van der Waals surface area contributed by atoms with E-state index in [-0.39, 0.29) is 11.2 Å². The first-order valence-electron chi connectivity index (χ1n) is 8.47. The maximum absolute atomic E-state index is 12.4. The molecule has 0 aliphatic heterocycles. The topological polar surface area (TPSA) is 79.8 Å². The predicted octanol–water partition coefficient (Wildman–Crippen LogP) is 1.96. The Balaban J connectivity index is 2.55. The lowest BCUT2D eigenvalue weighted by atomic mass is 9.87. The minimum Gasteiger partial charge on any atom is -0.385 e. The number of sulfone groups is 1. The molecule has 0 spiro atoms. The van der Waals surface area contributed by atoms with E-state index >= 15 is 0 Å². The Hall–Kier alpha value is -1.60. The average Bonchev–Trinajstić information content (AvgIpc) is 2.56. The molecule has 0 aliphatic rings. The van der Waals surface area contributed by atoms with Crippen molar-refractivity contribution in [3.05, 3.63) is 29.8 Å². The first-order valence-corrected chi connectivity index (χ1v) is 10.1. The van der Waals surface area contributed by atoms with Crippen LogP contribution in [0.4, 0.5) is 0 Å². The zero-order valence-electron chi connectivity index (χ0n) is 15.9. The fourth-order valence-corrected chi connectivity index (χ4v) is 3.39. The summed E-state index contributed by atoms with van der Waals surface area (Å²) in [4.78, 5) is 4.43. The summed E-state index contributed by atoms with van der Waals surface area (Å²) in [6.07, 6.45) is 0.857. The largest absolute Gasteiger partial charge is 0.385 e. The van der Waals surface area contributed by atoms with Gasteiger partial charge in [0.15, 0.2) is 15.8 Å². The molecule has 0 amide bonds. The first-order chi connectivity index (χ1) is 11.7. The van der Waals surface area contributed by atoms with Gasteiger partial charge in [0, 0.05) is 33.9 Å². The normalized spacial score (nSPS) is 12.9. The Morgan fingerprint density at radius 1 is 1.12 bits per heavy atom. The maximum Gasteiger partial charge on any atom is 0.191 e. The second-order valence-corrected chi connectivity index (χ2v) is 8.97. The minimum atomic E-state index is -3.32. The van der Waals surface area contributed by atoms with E-state index < -0.39 is 9.84 Å². The Kier molecular flexibility index (Phi) is 8.38. The lowest BCUT2D eigenvalue weighted by molar-refractivity contribution is 0.195. The van der Waals surface area contributed by atoms with Gasteiger partial charge >= 0.3 is 0 Å². The fraction of sp³-hybridized carbons (Fsp3) is 0.611. The molecular weight excluding hydrogens is 338 g/mol. The highest BCUT2D eigenvalue weighted by atomic mass is 32.2. The van der Waals surface area contributed by atoms with Crippen LogP contribution < -0.4 is 10.6 Å². The van der Waals surface area contributed by atoms with Crippen LogP contribution in [-0.4, -0.2) is 54.0 Å². The maximum atomic E-state index is 12.4. The van der Waals surface area contributed by atoms with Gasteiger partial charge in [-0.05, 0) is 29.5 Å². The molecule has 0 aromatic heterocycles. The predicted molar refractivity (Wildman–Crippen MR) is 103 cm³/mol. The van der Waals surface area contributed by atoms with Crippen molar-refractivity contribution in [2.45, 2.75) is 37.5 Å². The highest BCUT2D eigenvalue weighted by molar-refractivity contribution is 7.91. The smallest absolute Gasteiger partial charge is 0.191 e. The van der Waals surface area contributed by atoms with Crippen LogP contribution in [0.2, 0.25) is 0 Å². The van der Waals surface area contributed by atoms with Gasteiger partial charge in [0.05, 0.1) is 10.6 Å². The molecule has 6 nitrogen and oxygen atoms in total. The number of nitrogens with one attached hydrogen (secondary N) is 2. The van der Waals surface area contributed by atoms with Crippen molar-refractivity contribution in [1.29, 1.82) is 0 Å². The van der Waals surface area contributed by atoms with E-state index in [1.807, 2.05) is 12.1 Å². The van der Waals surface area contributed by atoms with Gasteiger partial charge in [-0.1, -0.05) is 32.9 Å². The van der Waals surface area contributed by atoms with Crippen molar-refractivity contribution in [3.63, 3.8) is 0 Å². The number of rotatable bonds is 8. The standard InChI is InChI=1S/C18H31N3O3S/c1-18(2,3)15-7-9-16(10-8-15)25(22,23)14-12-21-17(19-4)20-11-6-13-24-5/h7-10H,6,11-14H2,1-5H3,(H2,19,20,21). The van der Waals surface area contributed by atoms with Crippen molar-refractivity contribution in [2.24, 2.45) is 4.99 Å². The molecule has 0 bridgehead atoms. The van der Waals surface area contributed by atoms with E-state index in [9.17, 15) is 8.42 Å². The Bertz CT molecular complexity index is 647. The second kappa shape index (κ2) is 9.77. The van der Waals surface area contributed by atoms with Crippen LogP contribution in [0.15, 0.2) is 34.2 Å². The lowest BCUT2D eigenvalue weighted by Gasteiger charge is -2.19. The van der Waals surface area contributed by atoms with Crippen LogP contribution in [0.1, 0.15) is 32.8 Å². The van der Waals surface area contributed by atoms with Gasteiger partial charge in [0.25, 0.3) is 0 Å². The zero-order valence-corrected chi connectivity index (χ0v) is 16.7. The van der Waals surface area contributed by atoms with Gasteiger partial charge < -0.3 is 15.4 Å². The molecule has 7 heteroatoms. The number of hydrogen-bond acceptors (Lipinski definition) is 4. The summed E-state index contributed by atoms with van der Waals surface area (Å²) >= 11 is 0. The molecule has 142 valence electrons. The van der Waals surface area contributed by atoms with E-state index in [1.165, 1.54) is 0 Å². The highest BCUT2D eigenvalue weighted by Gasteiger charge is 2.17. The molecule has 1 rings (SSSR count).